The lowest BCUT2D eigenvalue weighted by Gasteiger charge is -2.30. The Bertz CT molecular complexity index is 908. The highest BCUT2D eigenvalue weighted by atomic mass is 16.6. The van der Waals surface area contributed by atoms with Gasteiger partial charge in [0.2, 0.25) is 0 Å². The molecule has 1 aliphatic rings. The van der Waals surface area contributed by atoms with Gasteiger partial charge in [-0.3, -0.25) is 10.1 Å². The summed E-state index contributed by atoms with van der Waals surface area (Å²) in [5, 5.41) is 14.3. The molecular formula is C21H26N2O6. The molecule has 1 aromatic rings. The van der Waals surface area contributed by atoms with Gasteiger partial charge in [0.25, 0.3) is 5.69 Å². The van der Waals surface area contributed by atoms with E-state index >= 15 is 0 Å². The van der Waals surface area contributed by atoms with E-state index in [9.17, 15) is 19.7 Å². The van der Waals surface area contributed by atoms with Crippen LogP contribution in [0.5, 0.6) is 0 Å². The lowest BCUT2D eigenvalue weighted by molar-refractivity contribution is -0.384. The number of allylic oxidation sites excluding steroid dienone is 2. The standard InChI is InChI=1S/C21H26N2O6/c1-12-16(19(24)28-6)18(14-8-7-9-15(10-14)23(26)27)17(13(2)22-12)20(25)29-11-21(3,4)5/h7-10,18,22H,11H2,1-6H3. The number of nitrogens with zero attached hydrogens (tertiary/aromatic N) is 1. The average Bonchev–Trinajstić information content (AvgIpc) is 2.64. The molecular weight excluding hydrogens is 376 g/mol. The molecule has 0 spiro atoms. The topological polar surface area (TPSA) is 108 Å². The highest BCUT2D eigenvalue weighted by Crippen LogP contribution is 2.40. The zero-order valence-electron chi connectivity index (χ0n) is 17.5. The Kier molecular flexibility index (Phi) is 6.46. The van der Waals surface area contributed by atoms with Gasteiger partial charge in [0, 0.05) is 23.5 Å². The Morgan fingerprint density at radius 1 is 1.14 bits per heavy atom. The van der Waals surface area contributed by atoms with Crippen molar-refractivity contribution < 1.29 is 24.0 Å². The molecule has 1 aliphatic heterocycles. The molecule has 0 bridgehead atoms. The van der Waals surface area contributed by atoms with E-state index in [-0.39, 0.29) is 28.9 Å². The van der Waals surface area contributed by atoms with Gasteiger partial charge in [0.1, 0.15) is 0 Å². The van der Waals surface area contributed by atoms with Crippen molar-refractivity contribution in [2.75, 3.05) is 13.7 Å². The van der Waals surface area contributed by atoms with Crippen LogP contribution < -0.4 is 5.32 Å². The summed E-state index contributed by atoms with van der Waals surface area (Å²) >= 11 is 0. The molecule has 29 heavy (non-hydrogen) atoms. The Morgan fingerprint density at radius 2 is 1.72 bits per heavy atom. The number of methoxy groups -OCH3 is 1. The van der Waals surface area contributed by atoms with Crippen LogP contribution in [0.25, 0.3) is 0 Å². The van der Waals surface area contributed by atoms with Gasteiger partial charge in [0.05, 0.1) is 35.7 Å². The Morgan fingerprint density at radius 3 is 2.24 bits per heavy atom. The number of nitrogens with one attached hydrogen (secondary N) is 1. The minimum absolute atomic E-state index is 0.136. The Labute approximate surface area is 169 Å². The largest absolute Gasteiger partial charge is 0.466 e. The molecule has 0 aromatic heterocycles. The zero-order valence-corrected chi connectivity index (χ0v) is 17.5. The molecule has 0 saturated carbocycles. The SMILES string of the molecule is COC(=O)C1=C(C)NC(C)=C(C(=O)OCC(C)(C)C)C1c1cccc([N+](=O)[O-])c1. The number of benzene rings is 1. The van der Waals surface area contributed by atoms with Gasteiger partial charge in [-0.25, -0.2) is 9.59 Å². The van der Waals surface area contributed by atoms with E-state index in [2.05, 4.69) is 5.32 Å². The lowest BCUT2D eigenvalue weighted by atomic mass is 9.80. The summed E-state index contributed by atoms with van der Waals surface area (Å²) in [4.78, 5) is 36.3. The van der Waals surface area contributed by atoms with Gasteiger partial charge < -0.3 is 14.8 Å². The molecule has 0 aliphatic carbocycles. The lowest BCUT2D eigenvalue weighted by Crippen LogP contribution is -2.33. The van der Waals surface area contributed by atoms with E-state index in [1.807, 2.05) is 20.8 Å². The van der Waals surface area contributed by atoms with Crippen molar-refractivity contribution in [1.82, 2.24) is 5.32 Å². The summed E-state index contributed by atoms with van der Waals surface area (Å²) < 4.78 is 10.4. The number of nitro benzene ring substituents is 1. The molecule has 8 nitrogen and oxygen atoms in total. The fourth-order valence-corrected chi connectivity index (χ4v) is 3.16. The van der Waals surface area contributed by atoms with Crippen LogP contribution in [0.2, 0.25) is 0 Å². The maximum absolute atomic E-state index is 13.0. The monoisotopic (exact) mass is 402 g/mol. The van der Waals surface area contributed by atoms with Gasteiger partial charge in [-0.05, 0) is 24.8 Å². The van der Waals surface area contributed by atoms with Crippen molar-refractivity contribution in [2.24, 2.45) is 5.41 Å². The van der Waals surface area contributed by atoms with Crippen LogP contribution in [0, 0.1) is 15.5 Å². The highest BCUT2D eigenvalue weighted by molar-refractivity contribution is 5.99. The van der Waals surface area contributed by atoms with Crippen molar-refractivity contribution in [2.45, 2.75) is 40.5 Å². The van der Waals surface area contributed by atoms with E-state index in [1.165, 1.54) is 25.3 Å². The molecule has 0 radical (unpaired) electrons. The van der Waals surface area contributed by atoms with E-state index in [4.69, 9.17) is 9.47 Å². The van der Waals surface area contributed by atoms with Crippen molar-refractivity contribution >= 4 is 17.6 Å². The number of dihydropyridines is 1. The smallest absolute Gasteiger partial charge is 0.336 e. The Balaban J connectivity index is 2.62. The van der Waals surface area contributed by atoms with Crippen LogP contribution in [0.15, 0.2) is 46.8 Å². The maximum Gasteiger partial charge on any atom is 0.336 e. The van der Waals surface area contributed by atoms with Crippen molar-refractivity contribution in [3.05, 3.63) is 62.5 Å². The van der Waals surface area contributed by atoms with E-state index in [1.54, 1.807) is 19.9 Å². The first-order chi connectivity index (χ1) is 13.5. The van der Waals surface area contributed by atoms with E-state index in [0.717, 1.165) is 0 Å². The number of esters is 2. The summed E-state index contributed by atoms with van der Waals surface area (Å²) in [6.07, 6.45) is 0. The number of rotatable bonds is 5. The summed E-state index contributed by atoms with van der Waals surface area (Å²) in [6.45, 7) is 9.38. The van der Waals surface area contributed by atoms with Gasteiger partial charge in [-0.15, -0.1) is 0 Å². The summed E-state index contributed by atoms with van der Waals surface area (Å²) in [5.74, 6) is -2.06. The second-order valence-electron chi connectivity index (χ2n) is 8.12. The van der Waals surface area contributed by atoms with Crippen LogP contribution in [-0.4, -0.2) is 30.6 Å². The van der Waals surface area contributed by atoms with Gasteiger partial charge in [-0.1, -0.05) is 32.9 Å². The molecule has 0 saturated heterocycles. The second kappa shape index (κ2) is 8.46. The second-order valence-corrected chi connectivity index (χ2v) is 8.12. The van der Waals surface area contributed by atoms with Crippen LogP contribution >= 0.6 is 0 Å². The number of nitro groups is 1. The highest BCUT2D eigenvalue weighted by Gasteiger charge is 2.38. The van der Waals surface area contributed by atoms with Crippen molar-refractivity contribution in [1.29, 1.82) is 0 Å². The minimum Gasteiger partial charge on any atom is -0.466 e. The van der Waals surface area contributed by atoms with Crippen LogP contribution in [-0.2, 0) is 19.1 Å². The molecule has 1 atom stereocenters. The number of hydrogen-bond acceptors (Lipinski definition) is 7. The van der Waals surface area contributed by atoms with Crippen LogP contribution in [0.4, 0.5) is 5.69 Å². The van der Waals surface area contributed by atoms with Gasteiger partial charge >= 0.3 is 11.9 Å². The fourth-order valence-electron chi connectivity index (χ4n) is 3.16. The number of carbonyl (C=O) groups excluding carboxylic acids is 2. The van der Waals surface area contributed by atoms with Crippen molar-refractivity contribution in [3.63, 3.8) is 0 Å². The average molecular weight is 402 g/mol. The molecule has 0 fully saturated rings. The number of ether oxygens (including phenoxy) is 2. The first-order valence-corrected chi connectivity index (χ1v) is 9.14. The predicted octanol–water partition coefficient (Wildman–Crippen LogP) is 3.59. The maximum atomic E-state index is 13.0. The molecule has 1 unspecified atom stereocenters. The summed E-state index contributed by atoms with van der Waals surface area (Å²) in [7, 11) is 1.25. The van der Waals surface area contributed by atoms with Gasteiger partial charge in [0.15, 0.2) is 0 Å². The third-order valence-corrected chi connectivity index (χ3v) is 4.44. The summed E-state index contributed by atoms with van der Waals surface area (Å²) in [6, 6.07) is 5.88. The van der Waals surface area contributed by atoms with E-state index < -0.39 is 22.8 Å². The number of carbonyl (C=O) groups is 2. The molecule has 156 valence electrons. The molecule has 8 heteroatoms. The summed E-state index contributed by atoms with van der Waals surface area (Å²) in [5.41, 5.74) is 1.51. The fraction of sp³-hybridized carbons (Fsp3) is 0.429. The van der Waals surface area contributed by atoms with Crippen LogP contribution in [0.1, 0.15) is 46.1 Å². The van der Waals surface area contributed by atoms with Crippen LogP contribution in [0.3, 0.4) is 0 Å². The molecule has 2 rings (SSSR count). The predicted molar refractivity (Wildman–Crippen MR) is 107 cm³/mol. The van der Waals surface area contributed by atoms with E-state index in [0.29, 0.717) is 17.0 Å². The normalized spacial score (nSPS) is 17.0. The first-order valence-electron chi connectivity index (χ1n) is 9.14. The molecule has 1 heterocycles. The molecule has 1 N–H and O–H groups in total. The van der Waals surface area contributed by atoms with Gasteiger partial charge in [-0.2, -0.15) is 0 Å². The van der Waals surface area contributed by atoms with Crippen molar-refractivity contribution in [3.8, 4) is 0 Å². The zero-order chi connectivity index (χ0) is 21.9. The molecule has 1 aromatic carbocycles. The molecule has 0 amide bonds. The Hall–Kier alpha value is -3.16. The minimum atomic E-state index is -0.851. The number of non-ortho nitro benzene ring substituents is 1. The third kappa shape index (κ3) is 5.01. The number of hydrogen-bond donors (Lipinski definition) is 1. The third-order valence-electron chi connectivity index (χ3n) is 4.44. The quantitative estimate of drug-likeness (QED) is 0.455. The first kappa shape index (κ1) is 22.1.